The van der Waals surface area contributed by atoms with E-state index in [9.17, 15) is 0 Å². The van der Waals surface area contributed by atoms with Gasteiger partial charge in [0.2, 0.25) is 0 Å². The molecule has 0 amide bonds. The van der Waals surface area contributed by atoms with Crippen molar-refractivity contribution < 1.29 is 4.74 Å². The summed E-state index contributed by atoms with van der Waals surface area (Å²) in [7, 11) is 0. The normalized spacial score (nSPS) is 28.1. The zero-order valence-electron chi connectivity index (χ0n) is 12.6. The molecule has 110 valence electrons. The maximum absolute atomic E-state index is 6.20. The van der Waals surface area contributed by atoms with Crippen LogP contribution in [0.4, 0.5) is 11.4 Å². The second-order valence-corrected chi connectivity index (χ2v) is 6.70. The molecule has 0 saturated heterocycles. The first-order valence-corrected chi connectivity index (χ1v) is 7.92. The molecule has 0 spiro atoms. The van der Waals surface area contributed by atoms with Gasteiger partial charge >= 0.3 is 0 Å². The number of hydrogen-bond donors (Lipinski definition) is 2. The summed E-state index contributed by atoms with van der Waals surface area (Å²) < 4.78 is 5.74. The lowest BCUT2D eigenvalue weighted by atomic mass is 9.89. The van der Waals surface area contributed by atoms with Crippen molar-refractivity contribution in [2.24, 2.45) is 17.8 Å². The van der Waals surface area contributed by atoms with Crippen LogP contribution in [0, 0.1) is 17.8 Å². The van der Waals surface area contributed by atoms with Gasteiger partial charge in [-0.15, -0.1) is 0 Å². The topological polar surface area (TPSA) is 47.3 Å². The average molecular weight is 274 g/mol. The SMILES string of the molecule is CC(C)Oc1cccc(NCC2CC3CCC2C3)c1N. The minimum absolute atomic E-state index is 0.151. The summed E-state index contributed by atoms with van der Waals surface area (Å²) in [6, 6.07) is 6.00. The van der Waals surface area contributed by atoms with Gasteiger partial charge in [0.25, 0.3) is 0 Å². The van der Waals surface area contributed by atoms with Crippen LogP contribution in [0.15, 0.2) is 18.2 Å². The first-order valence-electron chi connectivity index (χ1n) is 7.92. The van der Waals surface area contributed by atoms with Gasteiger partial charge < -0.3 is 15.8 Å². The van der Waals surface area contributed by atoms with Crippen molar-refractivity contribution in [2.75, 3.05) is 17.6 Å². The van der Waals surface area contributed by atoms with Crippen molar-refractivity contribution in [2.45, 2.75) is 45.6 Å². The Morgan fingerprint density at radius 1 is 1.30 bits per heavy atom. The Kier molecular flexibility index (Phi) is 3.77. The van der Waals surface area contributed by atoms with E-state index in [2.05, 4.69) is 11.4 Å². The van der Waals surface area contributed by atoms with E-state index in [1.165, 1.54) is 25.7 Å². The van der Waals surface area contributed by atoms with Crippen LogP contribution >= 0.6 is 0 Å². The molecule has 0 radical (unpaired) electrons. The maximum Gasteiger partial charge on any atom is 0.144 e. The molecule has 3 rings (SSSR count). The first-order chi connectivity index (χ1) is 9.63. The van der Waals surface area contributed by atoms with Gasteiger partial charge in [0.15, 0.2) is 0 Å². The maximum atomic E-state index is 6.20. The number of benzene rings is 1. The number of anilines is 2. The number of nitrogens with one attached hydrogen (secondary N) is 1. The van der Waals surface area contributed by atoms with Gasteiger partial charge in [0.05, 0.1) is 17.5 Å². The summed E-state index contributed by atoms with van der Waals surface area (Å²) in [5.41, 5.74) is 7.96. The molecule has 3 heteroatoms. The molecular formula is C17H26N2O. The Labute approximate surface area is 121 Å². The molecule has 3 N–H and O–H groups in total. The van der Waals surface area contributed by atoms with Crippen molar-refractivity contribution in [1.82, 2.24) is 0 Å². The van der Waals surface area contributed by atoms with Crippen LogP contribution in [-0.2, 0) is 0 Å². The highest BCUT2D eigenvalue weighted by Gasteiger charge is 2.39. The van der Waals surface area contributed by atoms with Crippen molar-refractivity contribution in [1.29, 1.82) is 0 Å². The van der Waals surface area contributed by atoms with Crippen LogP contribution in [0.5, 0.6) is 5.75 Å². The van der Waals surface area contributed by atoms with Gasteiger partial charge in [-0.2, -0.15) is 0 Å². The molecule has 2 aliphatic carbocycles. The zero-order valence-corrected chi connectivity index (χ0v) is 12.6. The number of rotatable bonds is 5. The Bertz CT molecular complexity index is 472. The van der Waals surface area contributed by atoms with E-state index in [1.807, 2.05) is 26.0 Å². The predicted molar refractivity (Wildman–Crippen MR) is 84.0 cm³/mol. The fourth-order valence-corrected chi connectivity index (χ4v) is 3.92. The predicted octanol–water partition coefficient (Wildman–Crippen LogP) is 3.90. The molecule has 2 fully saturated rings. The number of nitrogens with two attached hydrogens (primary N) is 1. The molecular weight excluding hydrogens is 248 g/mol. The van der Waals surface area contributed by atoms with Crippen LogP contribution in [-0.4, -0.2) is 12.6 Å². The van der Waals surface area contributed by atoms with Gasteiger partial charge in [-0.1, -0.05) is 12.5 Å². The lowest BCUT2D eigenvalue weighted by Gasteiger charge is -2.23. The van der Waals surface area contributed by atoms with E-state index in [0.29, 0.717) is 0 Å². The Balaban J connectivity index is 1.62. The molecule has 3 nitrogen and oxygen atoms in total. The molecule has 3 unspecified atom stereocenters. The third-order valence-corrected chi connectivity index (χ3v) is 4.87. The minimum Gasteiger partial charge on any atom is -0.489 e. The Morgan fingerprint density at radius 2 is 2.15 bits per heavy atom. The minimum atomic E-state index is 0.151. The van der Waals surface area contributed by atoms with Gasteiger partial charge in [-0.25, -0.2) is 0 Å². The molecule has 0 heterocycles. The third kappa shape index (κ3) is 2.72. The smallest absolute Gasteiger partial charge is 0.144 e. The molecule has 20 heavy (non-hydrogen) atoms. The quantitative estimate of drug-likeness (QED) is 0.800. The van der Waals surface area contributed by atoms with Crippen LogP contribution in [0.1, 0.15) is 39.5 Å². The molecule has 2 bridgehead atoms. The fraction of sp³-hybridized carbons (Fsp3) is 0.647. The van der Waals surface area contributed by atoms with Gasteiger partial charge in [-0.3, -0.25) is 0 Å². The summed E-state index contributed by atoms with van der Waals surface area (Å²) >= 11 is 0. The van der Waals surface area contributed by atoms with E-state index in [-0.39, 0.29) is 6.10 Å². The molecule has 2 saturated carbocycles. The second kappa shape index (κ2) is 5.55. The largest absolute Gasteiger partial charge is 0.489 e. The molecule has 2 aliphatic rings. The van der Waals surface area contributed by atoms with Gasteiger partial charge in [-0.05, 0) is 63.0 Å². The van der Waals surface area contributed by atoms with E-state index >= 15 is 0 Å². The lowest BCUT2D eigenvalue weighted by Crippen LogP contribution is -2.20. The van der Waals surface area contributed by atoms with E-state index in [1.54, 1.807) is 0 Å². The van der Waals surface area contributed by atoms with Crippen molar-refractivity contribution in [3.63, 3.8) is 0 Å². The second-order valence-electron chi connectivity index (χ2n) is 6.70. The van der Waals surface area contributed by atoms with Crippen molar-refractivity contribution in [3.05, 3.63) is 18.2 Å². The lowest BCUT2D eigenvalue weighted by molar-refractivity contribution is 0.244. The molecule has 3 atom stereocenters. The number of fused-ring (bicyclic) bond motifs is 2. The van der Waals surface area contributed by atoms with Crippen LogP contribution in [0.25, 0.3) is 0 Å². The number of ether oxygens (including phenoxy) is 1. The van der Waals surface area contributed by atoms with Crippen LogP contribution < -0.4 is 15.8 Å². The summed E-state index contributed by atoms with van der Waals surface area (Å²) in [6.45, 7) is 5.10. The number of hydrogen-bond acceptors (Lipinski definition) is 3. The van der Waals surface area contributed by atoms with Gasteiger partial charge in [0, 0.05) is 6.54 Å². The van der Waals surface area contributed by atoms with E-state index < -0.39 is 0 Å². The highest BCUT2D eigenvalue weighted by Crippen LogP contribution is 2.48. The Hall–Kier alpha value is -1.38. The van der Waals surface area contributed by atoms with Crippen LogP contribution in [0.2, 0.25) is 0 Å². The van der Waals surface area contributed by atoms with Crippen molar-refractivity contribution >= 4 is 11.4 Å². The van der Waals surface area contributed by atoms with Crippen molar-refractivity contribution in [3.8, 4) is 5.75 Å². The highest BCUT2D eigenvalue weighted by molar-refractivity contribution is 5.72. The zero-order chi connectivity index (χ0) is 14.1. The highest BCUT2D eigenvalue weighted by atomic mass is 16.5. The Morgan fingerprint density at radius 3 is 2.80 bits per heavy atom. The molecule has 0 aromatic heterocycles. The van der Waals surface area contributed by atoms with Crippen LogP contribution in [0.3, 0.4) is 0 Å². The summed E-state index contributed by atoms with van der Waals surface area (Å²) in [6.07, 6.45) is 5.90. The molecule has 1 aromatic rings. The third-order valence-electron chi connectivity index (χ3n) is 4.87. The number of para-hydroxylation sites is 1. The molecule has 1 aromatic carbocycles. The fourth-order valence-electron chi connectivity index (χ4n) is 3.92. The standard InChI is InChI=1S/C17H26N2O/c1-11(2)20-16-5-3-4-15(17(16)18)19-10-14-9-12-6-7-13(14)8-12/h3-5,11-14,19H,6-10,18H2,1-2H3. The monoisotopic (exact) mass is 274 g/mol. The van der Waals surface area contributed by atoms with Gasteiger partial charge in [0.1, 0.15) is 5.75 Å². The summed E-state index contributed by atoms with van der Waals surface area (Å²) in [5, 5.41) is 3.55. The summed E-state index contributed by atoms with van der Waals surface area (Å²) in [5.74, 6) is 3.57. The average Bonchev–Trinajstić information content (AvgIpc) is 3.01. The first kappa shape index (κ1) is 13.6. The number of nitrogen functional groups attached to an aromatic ring is 1. The van der Waals surface area contributed by atoms with E-state index in [0.717, 1.165) is 41.4 Å². The summed E-state index contributed by atoms with van der Waals surface area (Å²) in [4.78, 5) is 0. The van der Waals surface area contributed by atoms with E-state index in [4.69, 9.17) is 10.5 Å². The molecule has 0 aliphatic heterocycles.